The second-order valence-corrected chi connectivity index (χ2v) is 5.10. The van der Waals surface area contributed by atoms with Gasteiger partial charge in [0, 0.05) is 20.2 Å². The van der Waals surface area contributed by atoms with E-state index in [9.17, 15) is 8.42 Å². The van der Waals surface area contributed by atoms with Gasteiger partial charge in [-0.15, -0.1) is 0 Å². The predicted molar refractivity (Wildman–Crippen MR) is 53.0 cm³/mol. The molecule has 0 aliphatic heterocycles. The Hall–Kier alpha value is -0.640. The van der Waals surface area contributed by atoms with Gasteiger partial charge in [-0.2, -0.15) is 5.26 Å². The highest BCUT2D eigenvalue weighted by molar-refractivity contribution is 7.89. The van der Waals surface area contributed by atoms with Crippen LogP contribution in [-0.2, 0) is 10.0 Å². The van der Waals surface area contributed by atoms with Crippen LogP contribution in [-0.4, -0.2) is 43.8 Å². The average molecular weight is 220 g/mol. The van der Waals surface area contributed by atoms with E-state index in [1.165, 1.54) is 11.4 Å². The van der Waals surface area contributed by atoms with E-state index in [1.54, 1.807) is 6.07 Å². The van der Waals surface area contributed by atoms with E-state index in [4.69, 9.17) is 10.4 Å². The number of hydrogen-bond donors (Lipinski definition) is 1. The molecule has 1 N–H and O–H groups in total. The number of aliphatic hydroxyl groups is 1. The van der Waals surface area contributed by atoms with Crippen molar-refractivity contribution in [1.82, 2.24) is 4.31 Å². The smallest absolute Gasteiger partial charge is 0.227 e. The van der Waals surface area contributed by atoms with Crippen molar-refractivity contribution < 1.29 is 13.5 Å². The average Bonchev–Trinajstić information content (AvgIpc) is 2.12. The molecule has 14 heavy (non-hydrogen) atoms. The Balaban J connectivity index is 3.85. The lowest BCUT2D eigenvalue weighted by molar-refractivity contribution is 0.281. The van der Waals surface area contributed by atoms with E-state index in [2.05, 4.69) is 0 Å². The lowest BCUT2D eigenvalue weighted by Gasteiger charge is -2.14. The first-order chi connectivity index (χ1) is 6.54. The van der Waals surface area contributed by atoms with Crippen molar-refractivity contribution in [2.45, 2.75) is 19.3 Å². The number of unbranched alkanes of at least 4 members (excludes halogenated alkanes) is 2. The number of nitriles is 1. The maximum Gasteiger partial charge on any atom is 0.227 e. The molecule has 0 radical (unpaired) electrons. The van der Waals surface area contributed by atoms with Gasteiger partial charge in [0.15, 0.2) is 5.75 Å². The Bertz CT molecular complexity index is 281. The first-order valence-electron chi connectivity index (χ1n) is 4.46. The molecular weight excluding hydrogens is 204 g/mol. The minimum Gasteiger partial charge on any atom is -0.396 e. The number of hydrogen-bond acceptors (Lipinski definition) is 4. The molecule has 0 aliphatic rings. The maximum atomic E-state index is 11.2. The van der Waals surface area contributed by atoms with Crippen LogP contribution in [0.15, 0.2) is 0 Å². The van der Waals surface area contributed by atoms with E-state index in [1.807, 2.05) is 0 Å². The third kappa shape index (κ3) is 5.17. The van der Waals surface area contributed by atoms with Crippen LogP contribution >= 0.6 is 0 Å². The molecule has 0 unspecified atom stereocenters. The summed E-state index contributed by atoms with van der Waals surface area (Å²) in [5, 5.41) is 16.8. The third-order valence-electron chi connectivity index (χ3n) is 1.85. The van der Waals surface area contributed by atoms with Crippen LogP contribution in [0.25, 0.3) is 0 Å². The van der Waals surface area contributed by atoms with Crippen LogP contribution in [0.3, 0.4) is 0 Å². The first kappa shape index (κ1) is 13.4. The molecule has 0 fully saturated rings. The fourth-order valence-corrected chi connectivity index (χ4v) is 1.74. The van der Waals surface area contributed by atoms with E-state index >= 15 is 0 Å². The Labute approximate surface area is 85.0 Å². The summed E-state index contributed by atoms with van der Waals surface area (Å²) in [6.07, 6.45) is 2.19. The monoisotopic (exact) mass is 220 g/mol. The minimum atomic E-state index is -3.39. The Morgan fingerprint density at radius 1 is 1.36 bits per heavy atom. The number of aliphatic hydroxyl groups excluding tert-OH is 1. The summed E-state index contributed by atoms with van der Waals surface area (Å²) in [6, 6.07) is 1.62. The summed E-state index contributed by atoms with van der Waals surface area (Å²) < 4.78 is 23.7. The van der Waals surface area contributed by atoms with Gasteiger partial charge >= 0.3 is 0 Å². The molecule has 0 saturated carbocycles. The summed E-state index contributed by atoms with van der Waals surface area (Å²) in [5.41, 5.74) is 0. The van der Waals surface area contributed by atoms with Crippen molar-refractivity contribution in [2.24, 2.45) is 0 Å². The molecule has 0 amide bonds. The Kier molecular flexibility index (Phi) is 6.45. The summed E-state index contributed by atoms with van der Waals surface area (Å²) in [5.74, 6) is -0.469. The lowest BCUT2D eigenvalue weighted by atomic mass is 10.2. The predicted octanol–water partition coefficient (Wildman–Crippen LogP) is -0.0658. The van der Waals surface area contributed by atoms with Crippen molar-refractivity contribution in [3.8, 4) is 6.07 Å². The molecule has 0 rings (SSSR count). The van der Waals surface area contributed by atoms with Crippen LogP contribution in [0.1, 0.15) is 19.3 Å². The molecule has 0 heterocycles. The summed E-state index contributed by atoms with van der Waals surface area (Å²) >= 11 is 0. The minimum absolute atomic E-state index is 0.134. The quantitative estimate of drug-likeness (QED) is 0.609. The maximum absolute atomic E-state index is 11.2. The standard InChI is InChI=1S/C8H16N2O3S/c1-10(6-3-2-4-7-11)14(12,13)8-5-9/h11H,2-4,6-8H2,1H3. The third-order valence-corrected chi connectivity index (χ3v) is 3.48. The molecular formula is C8H16N2O3S. The highest BCUT2D eigenvalue weighted by Crippen LogP contribution is 2.02. The molecule has 0 bridgehead atoms. The molecule has 0 saturated heterocycles. The first-order valence-corrected chi connectivity index (χ1v) is 6.07. The fourth-order valence-electron chi connectivity index (χ4n) is 0.954. The second-order valence-electron chi connectivity index (χ2n) is 3.02. The fraction of sp³-hybridized carbons (Fsp3) is 0.875. The van der Waals surface area contributed by atoms with E-state index < -0.39 is 15.8 Å². The molecule has 0 aromatic carbocycles. The molecule has 0 aliphatic carbocycles. The van der Waals surface area contributed by atoms with E-state index in [0.29, 0.717) is 19.4 Å². The van der Waals surface area contributed by atoms with Gasteiger partial charge in [0.05, 0.1) is 6.07 Å². The number of nitrogens with zero attached hydrogens (tertiary/aromatic N) is 2. The van der Waals surface area contributed by atoms with Crippen LogP contribution in [0.4, 0.5) is 0 Å². The molecule has 5 nitrogen and oxygen atoms in total. The van der Waals surface area contributed by atoms with Crippen LogP contribution in [0.2, 0.25) is 0 Å². The van der Waals surface area contributed by atoms with Crippen molar-refractivity contribution in [1.29, 1.82) is 5.26 Å². The zero-order valence-electron chi connectivity index (χ0n) is 8.31. The van der Waals surface area contributed by atoms with Gasteiger partial charge in [-0.3, -0.25) is 0 Å². The van der Waals surface area contributed by atoms with Crippen LogP contribution in [0.5, 0.6) is 0 Å². The van der Waals surface area contributed by atoms with Crippen molar-refractivity contribution in [2.75, 3.05) is 26.0 Å². The molecule has 0 aromatic heterocycles. The SMILES string of the molecule is CN(CCCCCO)S(=O)(=O)CC#N. The van der Waals surface area contributed by atoms with Crippen molar-refractivity contribution in [3.63, 3.8) is 0 Å². The Morgan fingerprint density at radius 2 is 2.00 bits per heavy atom. The zero-order chi connectivity index (χ0) is 11.0. The van der Waals surface area contributed by atoms with Gasteiger partial charge in [0.2, 0.25) is 10.0 Å². The number of rotatable bonds is 7. The number of sulfonamides is 1. The lowest BCUT2D eigenvalue weighted by Crippen LogP contribution is -2.29. The Morgan fingerprint density at radius 3 is 2.50 bits per heavy atom. The summed E-state index contributed by atoms with van der Waals surface area (Å²) in [4.78, 5) is 0. The van der Waals surface area contributed by atoms with Crippen molar-refractivity contribution in [3.05, 3.63) is 0 Å². The second kappa shape index (κ2) is 6.76. The molecule has 0 aromatic rings. The topological polar surface area (TPSA) is 81.4 Å². The van der Waals surface area contributed by atoms with Crippen LogP contribution < -0.4 is 0 Å². The van der Waals surface area contributed by atoms with Gasteiger partial charge in [-0.05, 0) is 19.3 Å². The highest BCUT2D eigenvalue weighted by Gasteiger charge is 2.15. The molecule has 0 spiro atoms. The largest absolute Gasteiger partial charge is 0.396 e. The van der Waals surface area contributed by atoms with Gasteiger partial charge in [-0.1, -0.05) is 0 Å². The zero-order valence-corrected chi connectivity index (χ0v) is 9.13. The summed E-state index contributed by atoms with van der Waals surface area (Å²) in [6.45, 7) is 0.540. The van der Waals surface area contributed by atoms with Crippen LogP contribution in [0, 0.1) is 11.3 Å². The highest BCUT2D eigenvalue weighted by atomic mass is 32.2. The molecule has 6 heteroatoms. The van der Waals surface area contributed by atoms with Gasteiger partial charge in [0.1, 0.15) is 0 Å². The van der Waals surface area contributed by atoms with Gasteiger partial charge in [0.25, 0.3) is 0 Å². The normalized spacial score (nSPS) is 11.6. The summed E-state index contributed by atoms with van der Waals surface area (Å²) in [7, 11) is -1.92. The van der Waals surface area contributed by atoms with Gasteiger partial charge in [-0.25, -0.2) is 12.7 Å². The molecule has 82 valence electrons. The van der Waals surface area contributed by atoms with Gasteiger partial charge < -0.3 is 5.11 Å². The molecule has 0 atom stereocenters. The van der Waals surface area contributed by atoms with E-state index in [0.717, 1.165) is 6.42 Å². The van der Waals surface area contributed by atoms with E-state index in [-0.39, 0.29) is 6.61 Å². The van der Waals surface area contributed by atoms with Crippen molar-refractivity contribution >= 4 is 10.0 Å².